The van der Waals surface area contributed by atoms with E-state index in [1.54, 1.807) is 0 Å². The molecular formula is C62H96O6. The van der Waals surface area contributed by atoms with Crippen molar-refractivity contribution >= 4 is 17.9 Å². The monoisotopic (exact) mass is 937 g/mol. The summed E-state index contributed by atoms with van der Waals surface area (Å²) >= 11 is 0. The molecule has 0 aliphatic carbocycles. The van der Waals surface area contributed by atoms with Crippen molar-refractivity contribution in [3.05, 3.63) is 146 Å². The molecule has 0 saturated carbocycles. The zero-order chi connectivity index (χ0) is 49.3. The Morgan fingerprint density at radius 1 is 0.309 bits per heavy atom. The molecule has 0 amide bonds. The summed E-state index contributed by atoms with van der Waals surface area (Å²) in [5, 5.41) is 0. The van der Waals surface area contributed by atoms with Crippen LogP contribution < -0.4 is 0 Å². The van der Waals surface area contributed by atoms with Crippen LogP contribution in [-0.2, 0) is 28.6 Å². The fourth-order valence-corrected chi connectivity index (χ4v) is 6.63. The van der Waals surface area contributed by atoms with Crippen molar-refractivity contribution in [1.82, 2.24) is 0 Å². The molecule has 68 heavy (non-hydrogen) atoms. The number of rotatable bonds is 46. The standard InChI is InChI=1S/C62H96O6/c1-4-7-10-13-16-19-22-25-28-30-31-32-35-37-40-43-46-49-52-55-61(64)67-58-59(57-66-60(63)54-51-48-45-42-39-36-33-27-24-21-18-15-12-9-6-3)68-62(65)56-53-50-47-44-41-38-34-29-26-23-20-17-14-11-8-5-2/h7-8,10-11,16-17,19-21,24-26,28-29,31-32,37-38,40-41,46-47,49-50,59H,4-6,9,12-15,18,22-23,27,30,33-36,39,42-45,48,51-58H2,1-3H3/b10-7-,11-8-,19-16-,20-17-,24-21-,28-25-,29-26-,32-31-,40-37-,41-38-,49-46-,50-47-. The largest absolute Gasteiger partial charge is 0.462 e. The third-order valence-electron chi connectivity index (χ3n) is 10.6. The summed E-state index contributed by atoms with van der Waals surface area (Å²) in [4.78, 5) is 38.0. The molecule has 0 bridgehead atoms. The summed E-state index contributed by atoms with van der Waals surface area (Å²) in [5.41, 5.74) is 0. The highest BCUT2D eigenvalue weighted by atomic mass is 16.6. The van der Waals surface area contributed by atoms with Gasteiger partial charge in [-0.05, 0) is 116 Å². The molecule has 0 aliphatic rings. The van der Waals surface area contributed by atoms with E-state index in [1.807, 2.05) is 24.3 Å². The Balaban J connectivity index is 4.64. The molecule has 1 unspecified atom stereocenters. The topological polar surface area (TPSA) is 78.9 Å². The van der Waals surface area contributed by atoms with Crippen LogP contribution in [0.25, 0.3) is 0 Å². The lowest BCUT2D eigenvalue weighted by atomic mass is 10.1. The van der Waals surface area contributed by atoms with Gasteiger partial charge in [0.1, 0.15) is 13.2 Å². The average molecular weight is 937 g/mol. The van der Waals surface area contributed by atoms with Crippen LogP contribution in [0.1, 0.15) is 207 Å². The van der Waals surface area contributed by atoms with Gasteiger partial charge in [0, 0.05) is 19.3 Å². The van der Waals surface area contributed by atoms with E-state index in [2.05, 4.69) is 142 Å². The first-order chi connectivity index (χ1) is 33.5. The zero-order valence-corrected chi connectivity index (χ0v) is 43.3. The fraction of sp³-hybridized carbons (Fsp3) is 0.565. The van der Waals surface area contributed by atoms with Crippen molar-refractivity contribution < 1.29 is 28.6 Å². The highest BCUT2D eigenvalue weighted by Gasteiger charge is 2.19. The van der Waals surface area contributed by atoms with Crippen molar-refractivity contribution in [3.8, 4) is 0 Å². The van der Waals surface area contributed by atoms with Crippen LogP contribution in [0.3, 0.4) is 0 Å². The Bertz CT molecular complexity index is 1540. The van der Waals surface area contributed by atoms with Crippen molar-refractivity contribution in [2.75, 3.05) is 13.2 Å². The minimum atomic E-state index is -0.856. The van der Waals surface area contributed by atoms with Crippen LogP contribution in [0.4, 0.5) is 0 Å². The quantitative estimate of drug-likeness (QED) is 0.0262. The number of carbonyl (C=O) groups is 3. The van der Waals surface area contributed by atoms with Crippen molar-refractivity contribution in [1.29, 1.82) is 0 Å². The van der Waals surface area contributed by atoms with Gasteiger partial charge in [0.25, 0.3) is 0 Å². The molecule has 0 fully saturated rings. The van der Waals surface area contributed by atoms with Crippen LogP contribution in [-0.4, -0.2) is 37.2 Å². The number of hydrogen-bond acceptors (Lipinski definition) is 6. The lowest BCUT2D eigenvalue weighted by Crippen LogP contribution is -2.30. The molecule has 0 aromatic heterocycles. The normalized spacial score (nSPS) is 13.3. The molecule has 0 aromatic carbocycles. The summed E-state index contributed by atoms with van der Waals surface area (Å²) in [5.74, 6) is -1.13. The van der Waals surface area contributed by atoms with Crippen LogP contribution in [0, 0.1) is 0 Å². The maximum atomic E-state index is 12.8. The molecule has 0 aliphatic heterocycles. The van der Waals surface area contributed by atoms with Gasteiger partial charge in [0.2, 0.25) is 0 Å². The maximum Gasteiger partial charge on any atom is 0.306 e. The lowest BCUT2D eigenvalue weighted by molar-refractivity contribution is -0.166. The van der Waals surface area contributed by atoms with Gasteiger partial charge in [-0.3, -0.25) is 14.4 Å². The number of carbonyl (C=O) groups excluding carboxylic acids is 3. The number of ether oxygens (including phenoxy) is 3. The van der Waals surface area contributed by atoms with Crippen LogP contribution in [0.5, 0.6) is 0 Å². The first-order valence-electron chi connectivity index (χ1n) is 26.8. The van der Waals surface area contributed by atoms with E-state index in [0.717, 1.165) is 89.9 Å². The number of allylic oxidation sites excluding steroid dienone is 24. The second-order valence-corrected chi connectivity index (χ2v) is 17.0. The van der Waals surface area contributed by atoms with E-state index in [4.69, 9.17) is 14.2 Å². The van der Waals surface area contributed by atoms with Crippen molar-refractivity contribution in [2.45, 2.75) is 213 Å². The van der Waals surface area contributed by atoms with Crippen LogP contribution in [0.2, 0.25) is 0 Å². The van der Waals surface area contributed by atoms with Crippen molar-refractivity contribution in [2.24, 2.45) is 0 Å². The van der Waals surface area contributed by atoms with Crippen LogP contribution >= 0.6 is 0 Å². The second kappa shape index (κ2) is 54.9. The summed E-state index contributed by atoms with van der Waals surface area (Å²) in [7, 11) is 0. The van der Waals surface area contributed by atoms with Gasteiger partial charge in [0.15, 0.2) is 6.10 Å². The third-order valence-corrected chi connectivity index (χ3v) is 10.6. The molecule has 0 saturated heterocycles. The molecule has 0 spiro atoms. The van der Waals surface area contributed by atoms with Gasteiger partial charge in [-0.2, -0.15) is 0 Å². The Morgan fingerprint density at radius 3 is 0.985 bits per heavy atom. The molecule has 0 aromatic rings. The van der Waals surface area contributed by atoms with E-state index in [1.165, 1.54) is 64.2 Å². The molecular weight excluding hydrogens is 841 g/mol. The zero-order valence-electron chi connectivity index (χ0n) is 43.3. The highest BCUT2D eigenvalue weighted by Crippen LogP contribution is 2.12. The van der Waals surface area contributed by atoms with Gasteiger partial charge in [0.05, 0.1) is 0 Å². The predicted octanol–water partition coefficient (Wildman–Crippen LogP) is 18.0. The first-order valence-corrected chi connectivity index (χ1v) is 26.8. The van der Waals surface area contributed by atoms with E-state index in [0.29, 0.717) is 19.3 Å². The molecule has 0 radical (unpaired) electrons. The van der Waals surface area contributed by atoms with Gasteiger partial charge < -0.3 is 14.2 Å². The van der Waals surface area contributed by atoms with Gasteiger partial charge in [-0.1, -0.05) is 218 Å². The number of esters is 3. The molecule has 0 heterocycles. The van der Waals surface area contributed by atoms with E-state index < -0.39 is 12.1 Å². The SMILES string of the molecule is CC/C=C\C/C=C\C/C=C\C/C=C\C/C=C\C/C=C\CCC(=O)OCC(COC(=O)CCCCCCCCC/C=C\CCCCCC)OC(=O)CC/C=C\C/C=C\C/C=C\C/C=C\C/C=C\CC. The Kier molecular flexibility index (Phi) is 51.1. The van der Waals surface area contributed by atoms with Gasteiger partial charge in [-0.15, -0.1) is 0 Å². The van der Waals surface area contributed by atoms with E-state index in [-0.39, 0.29) is 38.0 Å². The number of hydrogen-bond donors (Lipinski definition) is 0. The molecule has 1 atom stereocenters. The minimum absolute atomic E-state index is 0.139. The molecule has 0 rings (SSSR count). The Hall–Kier alpha value is -4.71. The molecule has 0 N–H and O–H groups in total. The smallest absolute Gasteiger partial charge is 0.306 e. The minimum Gasteiger partial charge on any atom is -0.462 e. The van der Waals surface area contributed by atoms with E-state index in [9.17, 15) is 14.4 Å². The summed E-state index contributed by atoms with van der Waals surface area (Å²) in [6.45, 7) is 6.24. The molecule has 6 nitrogen and oxygen atoms in total. The summed E-state index contributed by atoms with van der Waals surface area (Å²) in [6, 6.07) is 0. The maximum absolute atomic E-state index is 12.8. The first kappa shape index (κ1) is 63.3. The van der Waals surface area contributed by atoms with E-state index >= 15 is 0 Å². The summed E-state index contributed by atoms with van der Waals surface area (Å²) in [6.07, 6.45) is 78.5. The fourth-order valence-electron chi connectivity index (χ4n) is 6.63. The Labute approximate surface area is 417 Å². The predicted molar refractivity (Wildman–Crippen MR) is 292 cm³/mol. The number of unbranched alkanes of at least 4 members (excludes halogenated alkanes) is 11. The van der Waals surface area contributed by atoms with Crippen molar-refractivity contribution in [3.63, 3.8) is 0 Å². The molecule has 380 valence electrons. The summed E-state index contributed by atoms with van der Waals surface area (Å²) < 4.78 is 16.7. The third kappa shape index (κ3) is 52.3. The average Bonchev–Trinajstić information content (AvgIpc) is 3.34. The lowest BCUT2D eigenvalue weighted by Gasteiger charge is -2.18. The highest BCUT2D eigenvalue weighted by molar-refractivity contribution is 5.71. The van der Waals surface area contributed by atoms with Crippen LogP contribution in [0.15, 0.2) is 146 Å². The van der Waals surface area contributed by atoms with Gasteiger partial charge >= 0.3 is 17.9 Å². The van der Waals surface area contributed by atoms with Gasteiger partial charge in [-0.25, -0.2) is 0 Å². The molecule has 6 heteroatoms. The Morgan fingerprint density at radius 2 is 0.603 bits per heavy atom. The second-order valence-electron chi connectivity index (χ2n) is 17.0.